The Morgan fingerprint density at radius 2 is 1.61 bits per heavy atom. The van der Waals surface area contributed by atoms with Gasteiger partial charge in [-0.15, -0.1) is 11.8 Å². The third-order valence-corrected chi connectivity index (χ3v) is 5.09. The Bertz CT molecular complexity index is 668. The maximum absolute atomic E-state index is 12.4. The number of amides is 1. The highest BCUT2D eigenvalue weighted by Crippen LogP contribution is 2.23. The van der Waals surface area contributed by atoms with E-state index in [-0.39, 0.29) is 11.2 Å². The number of thioether (sulfide) groups is 1. The summed E-state index contributed by atoms with van der Waals surface area (Å²) in [5, 5.41) is 2.99. The van der Waals surface area contributed by atoms with Crippen molar-refractivity contribution < 1.29 is 4.79 Å². The fourth-order valence-corrected chi connectivity index (χ4v) is 3.51. The van der Waals surface area contributed by atoms with Gasteiger partial charge in [0.1, 0.15) is 0 Å². The van der Waals surface area contributed by atoms with E-state index < -0.39 is 0 Å². The van der Waals surface area contributed by atoms with Crippen LogP contribution in [0.1, 0.15) is 34.7 Å². The summed E-state index contributed by atoms with van der Waals surface area (Å²) in [5.41, 5.74) is 6.96. The fraction of sp³-hybridized carbons (Fsp3) is 0.350. The van der Waals surface area contributed by atoms with Gasteiger partial charge >= 0.3 is 0 Å². The lowest BCUT2D eigenvalue weighted by molar-refractivity contribution is -0.115. The van der Waals surface area contributed by atoms with Gasteiger partial charge in [0.05, 0.1) is 5.25 Å². The summed E-state index contributed by atoms with van der Waals surface area (Å²) in [6, 6.07) is 12.6. The highest BCUT2D eigenvalue weighted by molar-refractivity contribution is 7.99. The first-order valence-corrected chi connectivity index (χ1v) is 8.97. The molecule has 0 heterocycles. The van der Waals surface area contributed by atoms with Gasteiger partial charge < -0.3 is 5.32 Å². The standard InChI is InChI=1S/C20H25NOS/c1-13-9-14(2)11-18(10-13)12-23-17(5)20(22)21-19-15(3)7-6-8-16(19)4/h6-11,17H,12H2,1-5H3,(H,21,22). The van der Waals surface area contributed by atoms with E-state index >= 15 is 0 Å². The zero-order valence-corrected chi connectivity index (χ0v) is 15.4. The lowest BCUT2D eigenvalue weighted by atomic mass is 10.1. The molecule has 2 aromatic rings. The second-order valence-electron chi connectivity index (χ2n) is 6.21. The Morgan fingerprint density at radius 1 is 1.04 bits per heavy atom. The van der Waals surface area contributed by atoms with Gasteiger partial charge in [0, 0.05) is 11.4 Å². The quantitative estimate of drug-likeness (QED) is 0.819. The lowest BCUT2D eigenvalue weighted by Crippen LogP contribution is -2.23. The van der Waals surface area contributed by atoms with Crippen molar-refractivity contribution in [3.8, 4) is 0 Å². The van der Waals surface area contributed by atoms with E-state index in [9.17, 15) is 4.79 Å². The molecular weight excluding hydrogens is 302 g/mol. The molecule has 0 aromatic heterocycles. The third kappa shape index (κ3) is 4.87. The van der Waals surface area contributed by atoms with Crippen molar-refractivity contribution in [1.29, 1.82) is 0 Å². The molecule has 0 saturated carbocycles. The van der Waals surface area contributed by atoms with Gasteiger partial charge in [-0.3, -0.25) is 4.79 Å². The molecule has 0 aliphatic heterocycles. The Labute approximate surface area is 143 Å². The number of aryl methyl sites for hydroxylation is 4. The molecule has 1 N–H and O–H groups in total. The normalized spacial score (nSPS) is 12.0. The second kappa shape index (κ2) is 7.69. The Balaban J connectivity index is 1.97. The van der Waals surface area contributed by atoms with Crippen LogP contribution in [-0.4, -0.2) is 11.2 Å². The van der Waals surface area contributed by atoms with E-state index in [2.05, 4.69) is 37.4 Å². The van der Waals surface area contributed by atoms with Gasteiger partial charge in [0.15, 0.2) is 0 Å². The summed E-state index contributed by atoms with van der Waals surface area (Å²) in [6.07, 6.45) is 0. The topological polar surface area (TPSA) is 29.1 Å². The predicted octanol–water partition coefficient (Wildman–Crippen LogP) is 5.18. The Hall–Kier alpha value is -1.74. The Morgan fingerprint density at radius 3 is 2.17 bits per heavy atom. The first-order chi connectivity index (χ1) is 10.9. The maximum Gasteiger partial charge on any atom is 0.237 e. The number of carbonyl (C=O) groups excluding carboxylic acids is 1. The summed E-state index contributed by atoms with van der Waals surface area (Å²) in [6.45, 7) is 10.2. The summed E-state index contributed by atoms with van der Waals surface area (Å²) >= 11 is 1.67. The molecule has 0 bridgehead atoms. The molecule has 2 nitrogen and oxygen atoms in total. The molecular formula is C20H25NOS. The SMILES string of the molecule is Cc1cc(C)cc(CSC(C)C(=O)Nc2c(C)cccc2C)c1. The van der Waals surface area contributed by atoms with E-state index in [4.69, 9.17) is 0 Å². The van der Waals surface area contributed by atoms with Gasteiger partial charge in [-0.1, -0.05) is 47.5 Å². The van der Waals surface area contributed by atoms with Crippen LogP contribution in [0.5, 0.6) is 0 Å². The van der Waals surface area contributed by atoms with E-state index in [1.54, 1.807) is 11.8 Å². The molecule has 0 aliphatic rings. The highest BCUT2D eigenvalue weighted by atomic mass is 32.2. The number of anilines is 1. The van der Waals surface area contributed by atoms with Crippen LogP contribution in [0.25, 0.3) is 0 Å². The molecule has 2 rings (SSSR count). The smallest absolute Gasteiger partial charge is 0.237 e. The van der Waals surface area contributed by atoms with Gasteiger partial charge in [0.2, 0.25) is 5.91 Å². The fourth-order valence-electron chi connectivity index (χ4n) is 2.69. The van der Waals surface area contributed by atoms with Crippen molar-refractivity contribution >= 4 is 23.4 Å². The largest absolute Gasteiger partial charge is 0.325 e. The first-order valence-electron chi connectivity index (χ1n) is 7.92. The summed E-state index contributed by atoms with van der Waals surface area (Å²) < 4.78 is 0. The van der Waals surface area contributed by atoms with E-state index in [0.29, 0.717) is 0 Å². The van der Waals surface area contributed by atoms with Crippen molar-refractivity contribution in [2.45, 2.75) is 45.6 Å². The van der Waals surface area contributed by atoms with Crippen LogP contribution >= 0.6 is 11.8 Å². The van der Waals surface area contributed by atoms with Crippen LogP contribution in [0.3, 0.4) is 0 Å². The molecule has 122 valence electrons. The number of nitrogens with one attached hydrogen (secondary N) is 1. The van der Waals surface area contributed by atoms with E-state index in [1.807, 2.05) is 39.0 Å². The number of carbonyl (C=O) groups is 1. The van der Waals surface area contributed by atoms with Crippen LogP contribution in [0.4, 0.5) is 5.69 Å². The van der Waals surface area contributed by atoms with Gasteiger partial charge in [-0.05, 0) is 51.3 Å². The molecule has 0 fully saturated rings. The zero-order valence-electron chi connectivity index (χ0n) is 14.6. The van der Waals surface area contributed by atoms with Crippen molar-refractivity contribution in [2.24, 2.45) is 0 Å². The number of hydrogen-bond donors (Lipinski definition) is 1. The number of hydrogen-bond acceptors (Lipinski definition) is 2. The van der Waals surface area contributed by atoms with Crippen LogP contribution < -0.4 is 5.32 Å². The number of benzene rings is 2. The maximum atomic E-state index is 12.4. The molecule has 0 radical (unpaired) electrons. The molecule has 23 heavy (non-hydrogen) atoms. The van der Waals surface area contributed by atoms with Crippen molar-refractivity contribution in [1.82, 2.24) is 0 Å². The van der Waals surface area contributed by atoms with E-state index in [0.717, 1.165) is 22.6 Å². The number of rotatable bonds is 5. The van der Waals surface area contributed by atoms with Crippen LogP contribution in [0, 0.1) is 27.7 Å². The van der Waals surface area contributed by atoms with Gasteiger partial charge in [-0.25, -0.2) is 0 Å². The molecule has 0 aliphatic carbocycles. The minimum atomic E-state index is -0.0881. The van der Waals surface area contributed by atoms with Gasteiger partial charge in [0.25, 0.3) is 0 Å². The summed E-state index contributed by atoms with van der Waals surface area (Å²) in [4.78, 5) is 12.4. The first kappa shape index (κ1) is 17.6. The van der Waals surface area contributed by atoms with Crippen molar-refractivity contribution in [2.75, 3.05) is 5.32 Å². The average Bonchev–Trinajstić information content (AvgIpc) is 2.47. The predicted molar refractivity (Wildman–Crippen MR) is 101 cm³/mol. The monoisotopic (exact) mass is 327 g/mol. The molecule has 1 amide bonds. The molecule has 0 saturated heterocycles. The van der Waals surface area contributed by atoms with Crippen LogP contribution in [0.2, 0.25) is 0 Å². The van der Waals surface area contributed by atoms with Gasteiger partial charge in [-0.2, -0.15) is 0 Å². The molecule has 3 heteroatoms. The molecule has 1 unspecified atom stereocenters. The second-order valence-corrected chi connectivity index (χ2v) is 7.53. The number of para-hydroxylation sites is 1. The summed E-state index contributed by atoms with van der Waals surface area (Å²) in [5.74, 6) is 0.918. The lowest BCUT2D eigenvalue weighted by Gasteiger charge is -2.15. The minimum absolute atomic E-state index is 0.0665. The zero-order chi connectivity index (χ0) is 17.0. The highest BCUT2D eigenvalue weighted by Gasteiger charge is 2.15. The Kier molecular flexibility index (Phi) is 5.89. The average molecular weight is 327 g/mol. The van der Waals surface area contributed by atoms with Crippen molar-refractivity contribution in [3.63, 3.8) is 0 Å². The minimum Gasteiger partial charge on any atom is -0.325 e. The van der Waals surface area contributed by atoms with E-state index in [1.165, 1.54) is 16.7 Å². The third-order valence-electron chi connectivity index (χ3n) is 3.88. The van der Waals surface area contributed by atoms with Crippen molar-refractivity contribution in [3.05, 3.63) is 64.2 Å². The molecule has 1 atom stereocenters. The molecule has 0 spiro atoms. The van der Waals surface area contributed by atoms with Crippen LogP contribution in [-0.2, 0) is 10.5 Å². The summed E-state index contributed by atoms with van der Waals surface area (Å²) in [7, 11) is 0. The van der Waals surface area contributed by atoms with Crippen LogP contribution in [0.15, 0.2) is 36.4 Å². The molecule has 2 aromatic carbocycles.